The van der Waals surface area contributed by atoms with Crippen LogP contribution in [0.15, 0.2) is 5.29 Å². The van der Waals surface area contributed by atoms with Crippen LogP contribution in [0, 0.1) is 4.91 Å². The maximum Gasteiger partial charge on any atom is 0.340 e. The fraction of sp³-hybridized carbons (Fsp3) is 0.857. The van der Waals surface area contributed by atoms with Crippen LogP contribution in [0.3, 0.4) is 0 Å². The van der Waals surface area contributed by atoms with E-state index in [0.29, 0.717) is 5.01 Å². The Morgan fingerprint density at radius 3 is 2.67 bits per heavy atom. The first-order valence-corrected chi connectivity index (χ1v) is 4.86. The van der Waals surface area contributed by atoms with Crippen molar-refractivity contribution in [2.75, 3.05) is 19.0 Å². The molecule has 0 bridgehead atoms. The number of aliphatic hydroxyl groups excluding tert-OH is 2. The molecule has 0 saturated carbocycles. The number of aliphatic hydroxyl groups is 2. The smallest absolute Gasteiger partial charge is 0.340 e. The van der Waals surface area contributed by atoms with Crippen molar-refractivity contribution in [2.45, 2.75) is 19.1 Å². The third-order valence-electron chi connectivity index (χ3n) is 1.74. The van der Waals surface area contributed by atoms with E-state index >= 15 is 0 Å². The van der Waals surface area contributed by atoms with Crippen LogP contribution < -0.4 is 5.32 Å². The van der Waals surface area contributed by atoms with E-state index in [4.69, 9.17) is 21.8 Å². The first-order chi connectivity index (χ1) is 7.06. The molecule has 0 aliphatic carbocycles. The number of carbonyl (C=O) groups excluding carboxylic acids is 1. The molecule has 0 aromatic heterocycles. The number of hydrogen-bond donors (Lipinski definition) is 3. The molecule has 0 rings (SSSR count). The summed E-state index contributed by atoms with van der Waals surface area (Å²) in [5.74, 6) is 0.0795. The third-order valence-corrected chi connectivity index (χ3v) is 1.91. The van der Waals surface area contributed by atoms with Gasteiger partial charge in [-0.25, -0.2) is 4.79 Å². The fourth-order valence-electron chi connectivity index (χ4n) is 0.783. The molecule has 2 unspecified atom stereocenters. The summed E-state index contributed by atoms with van der Waals surface area (Å²) in [6.45, 7) is 0.993. The van der Waals surface area contributed by atoms with E-state index in [-0.39, 0.29) is 12.4 Å². The van der Waals surface area contributed by atoms with E-state index < -0.39 is 24.8 Å². The van der Waals surface area contributed by atoms with E-state index in [0.717, 1.165) is 0 Å². The number of carbonyl (C=O) groups is 1. The lowest BCUT2D eigenvalue weighted by atomic mass is 10.2. The number of hydrogen-bond acceptors (Lipinski definition) is 5. The summed E-state index contributed by atoms with van der Waals surface area (Å²) in [6.07, 6.45) is -1.08. The number of alkyl halides is 1. The first-order valence-electron chi connectivity index (χ1n) is 4.33. The molecule has 2 amide bonds. The number of amides is 2. The first kappa shape index (κ1) is 14.1. The summed E-state index contributed by atoms with van der Waals surface area (Å²) in [7, 11) is 0. The van der Waals surface area contributed by atoms with Gasteiger partial charge in [-0.2, -0.15) is 5.01 Å². The Morgan fingerprint density at radius 1 is 1.67 bits per heavy atom. The molecular weight excluding hydrogens is 226 g/mol. The lowest BCUT2D eigenvalue weighted by molar-refractivity contribution is 0.0685. The highest BCUT2D eigenvalue weighted by Gasteiger charge is 2.19. The number of halogens is 1. The van der Waals surface area contributed by atoms with Crippen LogP contribution in [-0.4, -0.2) is 52.4 Å². The molecule has 0 radical (unpaired) electrons. The molecule has 8 heteroatoms. The summed E-state index contributed by atoms with van der Waals surface area (Å²) in [5, 5.41) is 23.1. The molecule has 2 atom stereocenters. The Hall–Kier alpha value is -0.920. The van der Waals surface area contributed by atoms with Gasteiger partial charge in [-0.15, -0.1) is 16.5 Å². The second kappa shape index (κ2) is 7.38. The van der Waals surface area contributed by atoms with Crippen molar-refractivity contribution >= 4 is 17.6 Å². The Morgan fingerprint density at radius 2 is 2.27 bits per heavy atom. The lowest BCUT2D eigenvalue weighted by Gasteiger charge is -2.20. The molecule has 0 aromatic carbocycles. The molecule has 3 N–H and O–H groups in total. The minimum atomic E-state index is -1.08. The zero-order valence-corrected chi connectivity index (χ0v) is 9.02. The second-order valence-electron chi connectivity index (χ2n) is 2.88. The normalized spacial score (nSPS) is 14.1. The Balaban J connectivity index is 4.15. The molecule has 0 heterocycles. The van der Waals surface area contributed by atoms with Crippen LogP contribution >= 0.6 is 11.6 Å². The van der Waals surface area contributed by atoms with Crippen molar-refractivity contribution in [3.63, 3.8) is 0 Å². The van der Waals surface area contributed by atoms with Gasteiger partial charge >= 0.3 is 6.03 Å². The SMILES string of the molecule is CC(NC(=O)N(CCCl)N=O)C(O)CO. The zero-order valence-electron chi connectivity index (χ0n) is 8.26. The minimum absolute atomic E-state index is 0.0151. The van der Waals surface area contributed by atoms with E-state index in [9.17, 15) is 9.70 Å². The van der Waals surface area contributed by atoms with Crippen molar-refractivity contribution in [2.24, 2.45) is 5.29 Å². The summed E-state index contributed by atoms with van der Waals surface area (Å²) < 4.78 is 0. The predicted molar refractivity (Wildman–Crippen MR) is 54.3 cm³/mol. The molecule has 0 aromatic rings. The maximum atomic E-state index is 11.3. The second-order valence-corrected chi connectivity index (χ2v) is 3.26. The summed E-state index contributed by atoms with van der Waals surface area (Å²) in [4.78, 5) is 21.5. The highest BCUT2D eigenvalue weighted by Crippen LogP contribution is 1.96. The molecule has 0 spiro atoms. The molecule has 88 valence electrons. The molecule has 7 nitrogen and oxygen atoms in total. The van der Waals surface area contributed by atoms with Gasteiger partial charge in [-0.3, -0.25) is 0 Å². The van der Waals surface area contributed by atoms with E-state index in [1.807, 2.05) is 0 Å². The van der Waals surface area contributed by atoms with Crippen LogP contribution in [0.4, 0.5) is 4.79 Å². The molecular formula is C7H14ClN3O4. The lowest BCUT2D eigenvalue weighted by Crippen LogP contribution is -2.47. The number of urea groups is 1. The fourth-order valence-corrected chi connectivity index (χ4v) is 0.943. The van der Waals surface area contributed by atoms with Gasteiger partial charge in [-0.1, -0.05) is 0 Å². The average molecular weight is 240 g/mol. The van der Waals surface area contributed by atoms with Gasteiger partial charge < -0.3 is 15.5 Å². The van der Waals surface area contributed by atoms with E-state index in [2.05, 4.69) is 10.6 Å². The van der Waals surface area contributed by atoms with Gasteiger partial charge in [0.05, 0.1) is 30.6 Å². The zero-order chi connectivity index (χ0) is 11.8. The largest absolute Gasteiger partial charge is 0.394 e. The Labute approximate surface area is 92.0 Å². The van der Waals surface area contributed by atoms with Gasteiger partial charge in [0.15, 0.2) is 0 Å². The van der Waals surface area contributed by atoms with Crippen LogP contribution in [0.1, 0.15) is 6.92 Å². The number of nitroso groups, excluding NO2 is 1. The summed E-state index contributed by atoms with van der Waals surface area (Å²) >= 11 is 5.34. The van der Waals surface area contributed by atoms with Crippen molar-refractivity contribution in [1.82, 2.24) is 10.3 Å². The maximum absolute atomic E-state index is 11.3. The third kappa shape index (κ3) is 4.91. The highest BCUT2D eigenvalue weighted by atomic mass is 35.5. The molecule has 0 aliphatic heterocycles. The minimum Gasteiger partial charge on any atom is -0.394 e. The van der Waals surface area contributed by atoms with Crippen molar-refractivity contribution < 1.29 is 15.0 Å². The monoisotopic (exact) mass is 239 g/mol. The molecule has 0 fully saturated rings. The molecule has 0 saturated heterocycles. The van der Waals surface area contributed by atoms with Gasteiger partial charge in [0.2, 0.25) is 0 Å². The molecule has 15 heavy (non-hydrogen) atoms. The molecule has 0 aliphatic rings. The summed E-state index contributed by atoms with van der Waals surface area (Å²) in [5.41, 5.74) is 0. The number of nitrogens with one attached hydrogen (secondary N) is 1. The highest BCUT2D eigenvalue weighted by molar-refractivity contribution is 6.18. The number of rotatable bonds is 6. The summed E-state index contributed by atoms with van der Waals surface area (Å²) in [6, 6.07) is -1.44. The van der Waals surface area contributed by atoms with E-state index in [1.165, 1.54) is 6.92 Å². The quantitative estimate of drug-likeness (QED) is 0.335. The van der Waals surface area contributed by atoms with Gasteiger partial charge in [-0.05, 0) is 6.92 Å². The number of nitrogens with zero attached hydrogens (tertiary/aromatic N) is 2. The van der Waals surface area contributed by atoms with Crippen LogP contribution in [0.5, 0.6) is 0 Å². The van der Waals surface area contributed by atoms with Crippen LogP contribution in [0.25, 0.3) is 0 Å². The average Bonchev–Trinajstić information content (AvgIpc) is 2.24. The standard InChI is InChI=1S/C7H14ClN3O4/c1-5(6(13)4-12)9-7(14)11(10-15)3-2-8/h5-6,12-13H,2-4H2,1H3,(H,9,14). The van der Waals surface area contributed by atoms with Crippen molar-refractivity contribution in [1.29, 1.82) is 0 Å². The Kier molecular flexibility index (Phi) is 6.93. The van der Waals surface area contributed by atoms with Crippen LogP contribution in [-0.2, 0) is 0 Å². The van der Waals surface area contributed by atoms with Crippen molar-refractivity contribution in [3.05, 3.63) is 4.91 Å². The van der Waals surface area contributed by atoms with Gasteiger partial charge in [0.1, 0.15) is 0 Å². The topological polar surface area (TPSA) is 102 Å². The van der Waals surface area contributed by atoms with Gasteiger partial charge in [0, 0.05) is 5.88 Å². The van der Waals surface area contributed by atoms with E-state index in [1.54, 1.807) is 0 Å². The Bertz CT molecular complexity index is 216. The predicted octanol–water partition coefficient (Wildman–Crippen LogP) is -0.340. The van der Waals surface area contributed by atoms with Crippen LogP contribution in [0.2, 0.25) is 0 Å². The van der Waals surface area contributed by atoms with Crippen molar-refractivity contribution in [3.8, 4) is 0 Å². The van der Waals surface area contributed by atoms with Gasteiger partial charge in [0.25, 0.3) is 0 Å².